The summed E-state index contributed by atoms with van der Waals surface area (Å²) >= 11 is 6.36. The largest absolute Gasteiger partial charge is 0.486 e. The van der Waals surface area contributed by atoms with Crippen molar-refractivity contribution >= 4 is 40.3 Å². The van der Waals surface area contributed by atoms with Gasteiger partial charge >= 0.3 is 0 Å². The number of pyridine rings is 1. The van der Waals surface area contributed by atoms with Gasteiger partial charge in [-0.15, -0.1) is 5.10 Å². The first-order chi connectivity index (χ1) is 13.7. The maximum atomic E-state index is 11.2. The van der Waals surface area contributed by atoms with E-state index < -0.39 is 0 Å². The summed E-state index contributed by atoms with van der Waals surface area (Å²) < 4.78 is 5.74. The van der Waals surface area contributed by atoms with E-state index in [4.69, 9.17) is 16.3 Å². The van der Waals surface area contributed by atoms with E-state index in [2.05, 4.69) is 25.5 Å². The minimum absolute atomic E-state index is 0.329. The molecule has 0 aliphatic carbocycles. The lowest BCUT2D eigenvalue weighted by atomic mass is 10.2. The van der Waals surface area contributed by atoms with Gasteiger partial charge in [0, 0.05) is 17.3 Å². The molecule has 4 aromatic rings. The zero-order chi connectivity index (χ0) is 19.5. The van der Waals surface area contributed by atoms with Crippen molar-refractivity contribution in [3.63, 3.8) is 0 Å². The summed E-state index contributed by atoms with van der Waals surface area (Å²) in [5, 5.41) is 12.6. The molecule has 0 radical (unpaired) electrons. The summed E-state index contributed by atoms with van der Waals surface area (Å²) in [6.45, 7) is 2.19. The van der Waals surface area contributed by atoms with Crippen LogP contribution in [0.1, 0.15) is 21.7 Å². The summed E-state index contributed by atoms with van der Waals surface area (Å²) in [7, 11) is 0. The first-order valence-electron chi connectivity index (χ1n) is 8.54. The van der Waals surface area contributed by atoms with Gasteiger partial charge in [-0.05, 0) is 42.8 Å². The van der Waals surface area contributed by atoms with E-state index in [-0.39, 0.29) is 0 Å². The Bertz CT molecular complexity index is 1140. The highest BCUT2D eigenvalue weighted by molar-refractivity contribution is 6.32. The van der Waals surface area contributed by atoms with Crippen molar-refractivity contribution in [1.82, 2.24) is 20.2 Å². The topological polar surface area (TPSA) is 92.8 Å². The summed E-state index contributed by atoms with van der Waals surface area (Å²) in [5.74, 6) is 1.10. The van der Waals surface area contributed by atoms with Gasteiger partial charge in [0.2, 0.25) is 0 Å². The van der Waals surface area contributed by atoms with Crippen molar-refractivity contribution in [3.05, 3.63) is 70.8 Å². The number of halogens is 1. The van der Waals surface area contributed by atoms with E-state index in [1.54, 1.807) is 24.5 Å². The van der Waals surface area contributed by atoms with Gasteiger partial charge in [-0.2, -0.15) is 5.10 Å². The number of H-pyrrole nitrogens is 1. The Morgan fingerprint density at radius 1 is 1.29 bits per heavy atom. The summed E-state index contributed by atoms with van der Waals surface area (Å²) in [6.07, 6.45) is 4.08. The first-order valence-corrected chi connectivity index (χ1v) is 8.92. The summed E-state index contributed by atoms with van der Waals surface area (Å²) in [4.78, 5) is 18.4. The lowest BCUT2D eigenvalue weighted by Gasteiger charge is -2.11. The van der Waals surface area contributed by atoms with Gasteiger partial charge in [-0.1, -0.05) is 17.7 Å². The number of nitrogens with zero attached hydrogens (tertiary/aromatic N) is 3. The molecule has 28 heavy (non-hydrogen) atoms. The fourth-order valence-corrected chi connectivity index (χ4v) is 3.14. The van der Waals surface area contributed by atoms with Gasteiger partial charge in [0.1, 0.15) is 12.4 Å². The summed E-state index contributed by atoms with van der Waals surface area (Å²) in [5.41, 5.74) is 3.59. The van der Waals surface area contributed by atoms with Crippen LogP contribution in [0.5, 0.6) is 5.75 Å². The molecule has 0 fully saturated rings. The predicted molar refractivity (Wildman–Crippen MR) is 107 cm³/mol. The third-order valence-electron chi connectivity index (χ3n) is 4.31. The van der Waals surface area contributed by atoms with Gasteiger partial charge < -0.3 is 15.0 Å². The third kappa shape index (κ3) is 3.52. The fraction of sp³-hybridized carbons (Fsp3) is 0.100. The number of aldehydes is 1. The Kier molecular flexibility index (Phi) is 4.90. The minimum Gasteiger partial charge on any atom is -0.486 e. The highest BCUT2D eigenvalue weighted by Gasteiger charge is 2.13. The van der Waals surface area contributed by atoms with Crippen LogP contribution in [0.15, 0.2) is 48.8 Å². The highest BCUT2D eigenvalue weighted by Crippen LogP contribution is 2.32. The Labute approximate surface area is 165 Å². The second-order valence-electron chi connectivity index (χ2n) is 6.14. The van der Waals surface area contributed by atoms with Crippen molar-refractivity contribution in [2.45, 2.75) is 13.5 Å². The Morgan fingerprint density at radius 2 is 2.18 bits per heavy atom. The van der Waals surface area contributed by atoms with E-state index in [0.29, 0.717) is 28.9 Å². The van der Waals surface area contributed by atoms with Crippen molar-refractivity contribution in [2.24, 2.45) is 0 Å². The van der Waals surface area contributed by atoms with Gasteiger partial charge in [-0.25, -0.2) is 0 Å². The number of hydrogen-bond donors (Lipinski definition) is 2. The van der Waals surface area contributed by atoms with Crippen LogP contribution in [0.3, 0.4) is 0 Å². The van der Waals surface area contributed by atoms with Gasteiger partial charge in [-0.3, -0.25) is 9.78 Å². The van der Waals surface area contributed by atoms with Crippen LogP contribution in [0.4, 0.5) is 11.5 Å². The molecule has 0 amide bonds. The molecule has 3 heterocycles. The molecule has 0 saturated carbocycles. The van der Waals surface area contributed by atoms with Crippen LogP contribution in [0, 0.1) is 6.92 Å². The standard InChI is InChI=1S/C20H16ClN5O2/c1-12-17(10-27)25-16-9-23-26-20(19(12)16)24-13-5-6-18(15(21)8-13)28-11-14-4-2-3-7-22-14/h2-10,25H,11H2,1H3,(H,24,26). The van der Waals surface area contributed by atoms with Crippen molar-refractivity contribution in [1.29, 1.82) is 0 Å². The number of fused-ring (bicyclic) bond motifs is 1. The number of ether oxygens (including phenoxy) is 1. The summed E-state index contributed by atoms with van der Waals surface area (Å²) in [6, 6.07) is 11.0. The number of rotatable bonds is 6. The minimum atomic E-state index is 0.329. The van der Waals surface area contributed by atoms with Crippen LogP contribution in [0.25, 0.3) is 10.9 Å². The first kappa shape index (κ1) is 17.9. The maximum absolute atomic E-state index is 11.2. The van der Waals surface area contributed by atoms with Gasteiger partial charge in [0.05, 0.1) is 28.1 Å². The van der Waals surface area contributed by atoms with E-state index in [1.807, 2.05) is 31.2 Å². The number of carbonyl (C=O) groups is 1. The van der Waals surface area contributed by atoms with E-state index >= 15 is 0 Å². The zero-order valence-corrected chi connectivity index (χ0v) is 15.7. The molecule has 0 spiro atoms. The maximum Gasteiger partial charge on any atom is 0.166 e. The molecule has 7 nitrogen and oxygen atoms in total. The molecule has 1 aromatic carbocycles. The second kappa shape index (κ2) is 7.66. The molecular formula is C20H16ClN5O2. The monoisotopic (exact) mass is 393 g/mol. The van der Waals surface area contributed by atoms with Gasteiger partial charge in [0.15, 0.2) is 12.1 Å². The molecule has 0 saturated heterocycles. The van der Waals surface area contributed by atoms with Crippen LogP contribution >= 0.6 is 11.6 Å². The third-order valence-corrected chi connectivity index (χ3v) is 4.61. The van der Waals surface area contributed by atoms with Crippen molar-refractivity contribution in [3.8, 4) is 5.75 Å². The Balaban J connectivity index is 1.56. The molecule has 0 aliphatic heterocycles. The van der Waals surface area contributed by atoms with Crippen LogP contribution in [0.2, 0.25) is 5.02 Å². The number of nitrogens with one attached hydrogen (secondary N) is 2. The molecule has 140 valence electrons. The quantitative estimate of drug-likeness (QED) is 0.470. The lowest BCUT2D eigenvalue weighted by Crippen LogP contribution is -1.99. The number of benzene rings is 1. The molecule has 0 atom stereocenters. The predicted octanol–water partition coefficient (Wildman–Crippen LogP) is 4.45. The number of aromatic amines is 1. The van der Waals surface area contributed by atoms with Crippen LogP contribution < -0.4 is 10.1 Å². The molecule has 2 N–H and O–H groups in total. The highest BCUT2D eigenvalue weighted by atomic mass is 35.5. The Hall–Kier alpha value is -3.45. The Morgan fingerprint density at radius 3 is 2.93 bits per heavy atom. The molecule has 0 unspecified atom stereocenters. The smallest absolute Gasteiger partial charge is 0.166 e. The molecule has 0 aliphatic rings. The average Bonchev–Trinajstić information content (AvgIpc) is 3.05. The molecule has 8 heteroatoms. The van der Waals surface area contributed by atoms with Crippen molar-refractivity contribution < 1.29 is 9.53 Å². The normalized spacial score (nSPS) is 10.8. The van der Waals surface area contributed by atoms with Gasteiger partial charge in [0.25, 0.3) is 0 Å². The number of hydrogen-bond acceptors (Lipinski definition) is 6. The number of carbonyl (C=O) groups excluding carboxylic acids is 1. The van der Waals surface area contributed by atoms with Crippen LogP contribution in [-0.4, -0.2) is 26.5 Å². The number of aromatic nitrogens is 4. The van der Waals surface area contributed by atoms with E-state index in [0.717, 1.165) is 34.1 Å². The molecule has 4 rings (SSSR count). The molecule has 3 aromatic heterocycles. The molecule has 0 bridgehead atoms. The van der Waals surface area contributed by atoms with Crippen LogP contribution in [-0.2, 0) is 6.61 Å². The molecular weight excluding hydrogens is 378 g/mol. The zero-order valence-electron chi connectivity index (χ0n) is 14.9. The van der Waals surface area contributed by atoms with Crippen molar-refractivity contribution in [2.75, 3.05) is 5.32 Å². The SMILES string of the molecule is Cc1c(C=O)[nH]c2cnnc(Nc3ccc(OCc4ccccn4)c(Cl)c3)c12. The lowest BCUT2D eigenvalue weighted by molar-refractivity contribution is 0.111. The fourth-order valence-electron chi connectivity index (χ4n) is 2.91. The average molecular weight is 394 g/mol. The number of anilines is 2. The number of aryl methyl sites for hydroxylation is 1. The van der Waals surface area contributed by atoms with E-state index in [1.165, 1.54) is 0 Å². The second-order valence-corrected chi connectivity index (χ2v) is 6.55. The van der Waals surface area contributed by atoms with E-state index in [9.17, 15) is 4.79 Å².